The van der Waals surface area contributed by atoms with Gasteiger partial charge in [0.15, 0.2) is 0 Å². The molecule has 4 aliphatic carbocycles. The van der Waals surface area contributed by atoms with Crippen molar-refractivity contribution in [2.75, 3.05) is 0 Å². The average molecular weight is 463 g/mol. The van der Waals surface area contributed by atoms with Crippen molar-refractivity contribution in [2.45, 2.75) is 56.5 Å². The Morgan fingerprint density at radius 1 is 1.03 bits per heavy atom. The van der Waals surface area contributed by atoms with E-state index in [-0.39, 0.29) is 17.9 Å². The minimum atomic E-state index is -0.406. The zero-order valence-electron chi connectivity index (χ0n) is 18.7. The number of pyridine rings is 1. The van der Waals surface area contributed by atoms with Crippen LogP contribution in [0.2, 0.25) is 0 Å². The van der Waals surface area contributed by atoms with Gasteiger partial charge in [0, 0.05) is 29.4 Å². The van der Waals surface area contributed by atoms with Gasteiger partial charge in [-0.1, -0.05) is 30.3 Å². The summed E-state index contributed by atoms with van der Waals surface area (Å²) in [6, 6.07) is 16.0. The van der Waals surface area contributed by atoms with E-state index in [0.717, 1.165) is 53.1 Å². The van der Waals surface area contributed by atoms with Crippen LogP contribution in [0.25, 0.3) is 11.3 Å². The number of hydrogen-bond acceptors (Lipinski definition) is 4. The highest BCUT2D eigenvalue weighted by molar-refractivity contribution is 5.85. The standard InChI is InChI=1S/C27H30N4O.ClH/c32-17-25(29-27-14-19-9-20(15-27)11-21(10-19)16-27)26-23(7-4-8-28-26)24-13-22(30-31-24)12-18-5-2-1-3-6-18;/h1-8,13,17,19-21,25,29H,9-12,14-16H2,(H,30,31);1H. The minimum Gasteiger partial charge on any atom is -0.301 e. The van der Waals surface area contributed by atoms with Gasteiger partial charge in [-0.05, 0) is 80.0 Å². The van der Waals surface area contributed by atoms with Gasteiger partial charge >= 0.3 is 0 Å². The monoisotopic (exact) mass is 462 g/mol. The minimum absolute atomic E-state index is 0. The van der Waals surface area contributed by atoms with Crippen molar-refractivity contribution in [1.82, 2.24) is 20.5 Å². The highest BCUT2D eigenvalue weighted by atomic mass is 35.5. The second-order valence-electron chi connectivity index (χ2n) is 10.3. The highest BCUT2D eigenvalue weighted by Gasteiger charge is 2.51. The molecule has 1 atom stereocenters. The fourth-order valence-electron chi connectivity index (χ4n) is 7.07. The van der Waals surface area contributed by atoms with Crippen molar-refractivity contribution in [3.05, 3.63) is 71.7 Å². The van der Waals surface area contributed by atoms with E-state index in [9.17, 15) is 4.79 Å². The van der Waals surface area contributed by atoms with Crippen molar-refractivity contribution in [3.8, 4) is 11.3 Å². The summed E-state index contributed by atoms with van der Waals surface area (Å²) in [4.78, 5) is 17.0. The molecule has 0 saturated heterocycles. The van der Waals surface area contributed by atoms with Gasteiger partial charge in [0.05, 0.1) is 11.4 Å². The van der Waals surface area contributed by atoms with Crippen LogP contribution in [-0.4, -0.2) is 27.0 Å². The van der Waals surface area contributed by atoms with E-state index in [1.807, 2.05) is 18.2 Å². The van der Waals surface area contributed by atoms with Crippen LogP contribution in [0.3, 0.4) is 0 Å². The Morgan fingerprint density at radius 3 is 2.39 bits per heavy atom. The number of nitrogens with one attached hydrogen (secondary N) is 2. The van der Waals surface area contributed by atoms with E-state index in [4.69, 9.17) is 0 Å². The Labute approximate surface area is 201 Å². The molecule has 5 nitrogen and oxygen atoms in total. The molecule has 0 amide bonds. The predicted molar refractivity (Wildman–Crippen MR) is 131 cm³/mol. The molecule has 0 spiro atoms. The maximum atomic E-state index is 12.3. The van der Waals surface area contributed by atoms with Crippen molar-refractivity contribution in [1.29, 1.82) is 0 Å². The Hall–Kier alpha value is -2.50. The number of hydrogen-bond donors (Lipinski definition) is 2. The smallest absolute Gasteiger partial charge is 0.143 e. The van der Waals surface area contributed by atoms with Gasteiger partial charge < -0.3 is 4.79 Å². The quantitative estimate of drug-likeness (QED) is 0.468. The van der Waals surface area contributed by atoms with E-state index >= 15 is 0 Å². The summed E-state index contributed by atoms with van der Waals surface area (Å²) in [6.07, 6.45) is 11.4. The number of rotatable bonds is 7. The van der Waals surface area contributed by atoms with Crippen LogP contribution in [-0.2, 0) is 11.2 Å². The van der Waals surface area contributed by atoms with E-state index < -0.39 is 6.04 Å². The molecule has 33 heavy (non-hydrogen) atoms. The maximum absolute atomic E-state index is 12.3. The predicted octanol–water partition coefficient (Wildman–Crippen LogP) is 5.28. The molecule has 2 aromatic heterocycles. The number of halogens is 1. The fraction of sp³-hybridized carbons (Fsp3) is 0.444. The number of benzene rings is 1. The molecule has 4 bridgehead atoms. The van der Waals surface area contributed by atoms with Crippen molar-refractivity contribution in [2.24, 2.45) is 17.8 Å². The van der Waals surface area contributed by atoms with Gasteiger partial charge in [-0.3, -0.25) is 15.4 Å². The Bertz CT molecular complexity index is 1080. The number of aldehydes is 1. The van der Waals surface area contributed by atoms with Gasteiger partial charge in [0.1, 0.15) is 12.3 Å². The highest BCUT2D eigenvalue weighted by Crippen LogP contribution is 2.56. The lowest BCUT2D eigenvalue weighted by Crippen LogP contribution is -2.59. The molecule has 1 aromatic carbocycles. The Balaban J connectivity index is 0.00000228. The van der Waals surface area contributed by atoms with Gasteiger partial charge in [0.25, 0.3) is 0 Å². The zero-order valence-corrected chi connectivity index (χ0v) is 19.6. The van der Waals surface area contributed by atoms with Crippen molar-refractivity contribution >= 4 is 18.7 Å². The van der Waals surface area contributed by atoms with Crippen LogP contribution < -0.4 is 5.32 Å². The summed E-state index contributed by atoms with van der Waals surface area (Å²) < 4.78 is 0. The van der Waals surface area contributed by atoms with Crippen molar-refractivity contribution < 1.29 is 4.79 Å². The van der Waals surface area contributed by atoms with Crippen LogP contribution >= 0.6 is 12.4 Å². The molecular formula is C27H31ClN4O. The molecular weight excluding hydrogens is 432 g/mol. The molecule has 172 valence electrons. The van der Waals surface area contributed by atoms with Crippen LogP contribution in [0.5, 0.6) is 0 Å². The van der Waals surface area contributed by atoms with Crippen LogP contribution in [0, 0.1) is 17.8 Å². The normalized spacial score (nSPS) is 28.3. The zero-order chi connectivity index (χ0) is 21.5. The fourth-order valence-corrected chi connectivity index (χ4v) is 7.07. The first-order chi connectivity index (χ1) is 15.7. The number of H-pyrrole nitrogens is 1. The molecule has 7 rings (SSSR count). The molecule has 6 heteroatoms. The van der Waals surface area contributed by atoms with Crippen LogP contribution in [0.15, 0.2) is 54.7 Å². The van der Waals surface area contributed by atoms with Gasteiger partial charge in [-0.2, -0.15) is 5.10 Å². The second-order valence-corrected chi connectivity index (χ2v) is 10.3. The van der Waals surface area contributed by atoms with Crippen LogP contribution in [0.4, 0.5) is 0 Å². The average Bonchev–Trinajstić information content (AvgIpc) is 3.25. The molecule has 2 N–H and O–H groups in total. The lowest BCUT2D eigenvalue weighted by atomic mass is 9.53. The summed E-state index contributed by atoms with van der Waals surface area (Å²) >= 11 is 0. The Morgan fingerprint density at radius 2 is 1.73 bits per heavy atom. The molecule has 3 aromatic rings. The van der Waals surface area contributed by atoms with E-state index in [2.05, 4.69) is 50.8 Å². The summed E-state index contributed by atoms with van der Waals surface area (Å²) in [5.74, 6) is 2.49. The summed E-state index contributed by atoms with van der Waals surface area (Å²) in [7, 11) is 0. The van der Waals surface area contributed by atoms with E-state index in [1.165, 1.54) is 44.1 Å². The van der Waals surface area contributed by atoms with E-state index in [0.29, 0.717) is 0 Å². The maximum Gasteiger partial charge on any atom is 0.143 e. The second kappa shape index (κ2) is 9.03. The third-order valence-electron chi connectivity index (χ3n) is 7.91. The molecule has 4 aliphatic rings. The van der Waals surface area contributed by atoms with Gasteiger partial charge in [0.2, 0.25) is 0 Å². The molecule has 2 heterocycles. The van der Waals surface area contributed by atoms with E-state index in [1.54, 1.807) is 6.20 Å². The molecule has 0 aliphatic heterocycles. The molecule has 4 saturated carbocycles. The topological polar surface area (TPSA) is 70.7 Å². The summed E-state index contributed by atoms with van der Waals surface area (Å²) in [6.45, 7) is 0. The first kappa shape index (κ1) is 22.3. The number of nitrogens with zero attached hydrogens (tertiary/aromatic N) is 2. The number of carbonyl (C=O) groups excluding carboxylic acids is 1. The lowest BCUT2D eigenvalue weighted by Gasteiger charge is -2.57. The largest absolute Gasteiger partial charge is 0.301 e. The third-order valence-corrected chi connectivity index (χ3v) is 7.91. The van der Waals surface area contributed by atoms with Gasteiger partial charge in [-0.15, -0.1) is 12.4 Å². The molecule has 4 fully saturated rings. The summed E-state index contributed by atoms with van der Waals surface area (Å²) in [5, 5.41) is 11.6. The molecule has 1 unspecified atom stereocenters. The number of aromatic nitrogens is 3. The third kappa shape index (κ3) is 4.36. The van der Waals surface area contributed by atoms with Crippen molar-refractivity contribution in [3.63, 3.8) is 0 Å². The van der Waals surface area contributed by atoms with Crippen LogP contribution in [0.1, 0.15) is 61.5 Å². The number of aromatic amines is 1. The SMILES string of the molecule is Cl.O=CC(NC12CC3CC(CC(C3)C1)C2)c1ncccc1-c1cc(Cc2ccccc2)[nH]n1. The Kier molecular flexibility index (Phi) is 6.11. The first-order valence-electron chi connectivity index (χ1n) is 12.0. The molecule has 0 radical (unpaired) electrons. The lowest BCUT2D eigenvalue weighted by molar-refractivity contribution is -0.111. The first-order valence-corrected chi connectivity index (χ1v) is 12.0. The van der Waals surface area contributed by atoms with Gasteiger partial charge in [-0.25, -0.2) is 0 Å². The summed E-state index contributed by atoms with van der Waals surface area (Å²) in [5.41, 5.74) is 4.95. The number of carbonyl (C=O) groups is 1.